The first-order valence-corrected chi connectivity index (χ1v) is 7.56. The van der Waals surface area contributed by atoms with Gasteiger partial charge in [0.1, 0.15) is 0 Å². The number of carbonyl (C=O) groups excluding carboxylic acids is 2. The zero-order chi connectivity index (χ0) is 14.9. The molecule has 114 valence electrons. The zero-order valence-corrected chi connectivity index (χ0v) is 12.3. The molecule has 1 aromatic rings. The van der Waals surface area contributed by atoms with Crippen LogP contribution in [0.4, 0.5) is 0 Å². The van der Waals surface area contributed by atoms with E-state index < -0.39 is 0 Å². The third-order valence-electron chi connectivity index (χ3n) is 3.77. The summed E-state index contributed by atoms with van der Waals surface area (Å²) in [7, 11) is 0. The van der Waals surface area contributed by atoms with Gasteiger partial charge in [0, 0.05) is 25.2 Å². The third-order valence-corrected chi connectivity index (χ3v) is 3.77. The van der Waals surface area contributed by atoms with Crippen molar-refractivity contribution in [3.05, 3.63) is 35.4 Å². The summed E-state index contributed by atoms with van der Waals surface area (Å²) in [5, 5.41) is 5.55. The minimum Gasteiger partial charge on any atom is -0.355 e. The van der Waals surface area contributed by atoms with Crippen molar-refractivity contribution in [2.24, 2.45) is 0 Å². The van der Waals surface area contributed by atoms with E-state index in [1.165, 1.54) is 19.3 Å². The van der Waals surface area contributed by atoms with Gasteiger partial charge in [0.05, 0.1) is 0 Å². The van der Waals surface area contributed by atoms with Gasteiger partial charge in [-0.3, -0.25) is 9.59 Å². The number of carbonyl (C=O) groups is 2. The number of rotatable bonds is 7. The number of piperidine rings is 1. The summed E-state index contributed by atoms with van der Waals surface area (Å²) in [4.78, 5) is 24.6. The van der Waals surface area contributed by atoms with E-state index in [1.54, 1.807) is 12.1 Å². The molecule has 1 aliphatic rings. The smallest absolute Gasteiger partial charge is 0.251 e. The number of benzene rings is 1. The van der Waals surface area contributed by atoms with Crippen LogP contribution in [-0.2, 0) is 11.3 Å². The van der Waals surface area contributed by atoms with Crippen molar-refractivity contribution in [3.8, 4) is 0 Å². The largest absolute Gasteiger partial charge is 0.355 e. The number of likely N-dealkylation sites (tertiary alicyclic amines) is 1. The van der Waals surface area contributed by atoms with Crippen molar-refractivity contribution in [1.29, 1.82) is 0 Å². The Morgan fingerprint density at radius 1 is 1.14 bits per heavy atom. The van der Waals surface area contributed by atoms with Gasteiger partial charge in [-0.2, -0.15) is 0 Å². The fraction of sp³-hybridized carbons (Fsp3) is 0.500. The molecular weight excluding hydrogens is 266 g/mol. The molecule has 21 heavy (non-hydrogen) atoms. The first kappa shape index (κ1) is 15.5. The van der Waals surface area contributed by atoms with Gasteiger partial charge in [0.15, 0.2) is 0 Å². The average Bonchev–Trinajstić information content (AvgIpc) is 2.54. The molecule has 0 saturated carbocycles. The molecule has 0 bridgehead atoms. The standard InChI is InChI=1S/C16H23N3O2/c20-13-17-12-14-4-6-15(7-5-14)16(21)18-8-11-19-9-2-1-3-10-19/h4-7,13H,1-3,8-12H2,(H,17,20)(H,18,21). The number of hydrogen-bond donors (Lipinski definition) is 2. The Morgan fingerprint density at radius 2 is 1.86 bits per heavy atom. The van der Waals surface area contributed by atoms with Crippen LogP contribution in [0.15, 0.2) is 24.3 Å². The SMILES string of the molecule is O=CNCc1ccc(C(=O)NCCN2CCCCC2)cc1. The Morgan fingerprint density at radius 3 is 2.52 bits per heavy atom. The van der Waals surface area contributed by atoms with Crippen LogP contribution in [0.2, 0.25) is 0 Å². The highest BCUT2D eigenvalue weighted by Gasteiger charge is 2.10. The maximum atomic E-state index is 12.0. The molecule has 1 heterocycles. The Bertz CT molecular complexity index is 453. The van der Waals surface area contributed by atoms with Crippen molar-refractivity contribution in [1.82, 2.24) is 15.5 Å². The Balaban J connectivity index is 1.73. The molecule has 0 aromatic heterocycles. The second-order valence-electron chi connectivity index (χ2n) is 5.35. The molecule has 2 rings (SSSR count). The summed E-state index contributed by atoms with van der Waals surface area (Å²) < 4.78 is 0. The lowest BCUT2D eigenvalue weighted by atomic mass is 10.1. The van der Waals surface area contributed by atoms with E-state index in [-0.39, 0.29) is 5.91 Å². The van der Waals surface area contributed by atoms with Gasteiger partial charge in [-0.15, -0.1) is 0 Å². The maximum Gasteiger partial charge on any atom is 0.251 e. The molecule has 0 radical (unpaired) electrons. The van der Waals surface area contributed by atoms with Gasteiger partial charge in [0.2, 0.25) is 6.41 Å². The highest BCUT2D eigenvalue weighted by molar-refractivity contribution is 5.94. The fourth-order valence-corrected chi connectivity index (χ4v) is 2.55. The summed E-state index contributed by atoms with van der Waals surface area (Å²) >= 11 is 0. The van der Waals surface area contributed by atoms with Crippen molar-refractivity contribution in [2.75, 3.05) is 26.2 Å². The molecule has 0 aliphatic carbocycles. The van der Waals surface area contributed by atoms with Gasteiger partial charge in [0.25, 0.3) is 5.91 Å². The van der Waals surface area contributed by atoms with Crippen LogP contribution in [0, 0.1) is 0 Å². The second kappa shape index (κ2) is 8.42. The second-order valence-corrected chi connectivity index (χ2v) is 5.35. The Hall–Kier alpha value is -1.88. The molecule has 1 aromatic carbocycles. The van der Waals surface area contributed by atoms with Gasteiger partial charge < -0.3 is 15.5 Å². The van der Waals surface area contributed by atoms with E-state index >= 15 is 0 Å². The highest BCUT2D eigenvalue weighted by atomic mass is 16.1. The lowest BCUT2D eigenvalue weighted by Gasteiger charge is -2.26. The molecule has 1 saturated heterocycles. The number of nitrogens with zero attached hydrogens (tertiary/aromatic N) is 1. The molecule has 1 aliphatic heterocycles. The number of amides is 2. The number of hydrogen-bond acceptors (Lipinski definition) is 3. The summed E-state index contributed by atoms with van der Waals surface area (Å²) in [5.41, 5.74) is 1.63. The zero-order valence-electron chi connectivity index (χ0n) is 12.3. The summed E-state index contributed by atoms with van der Waals surface area (Å²) in [5.74, 6) is -0.0399. The van der Waals surface area contributed by atoms with E-state index in [1.807, 2.05) is 12.1 Å². The van der Waals surface area contributed by atoms with Gasteiger partial charge >= 0.3 is 0 Å². The lowest BCUT2D eigenvalue weighted by Crippen LogP contribution is -2.37. The Kier molecular flexibility index (Phi) is 6.22. The van der Waals surface area contributed by atoms with E-state index in [4.69, 9.17) is 0 Å². The van der Waals surface area contributed by atoms with Crippen LogP contribution < -0.4 is 10.6 Å². The molecule has 0 atom stereocenters. The molecular formula is C16H23N3O2. The topological polar surface area (TPSA) is 61.4 Å². The fourth-order valence-electron chi connectivity index (χ4n) is 2.55. The predicted molar refractivity (Wildman–Crippen MR) is 82.0 cm³/mol. The highest BCUT2D eigenvalue weighted by Crippen LogP contribution is 2.07. The molecule has 2 N–H and O–H groups in total. The van der Waals surface area contributed by atoms with E-state index in [2.05, 4.69) is 15.5 Å². The van der Waals surface area contributed by atoms with Crippen LogP contribution >= 0.6 is 0 Å². The minimum atomic E-state index is -0.0399. The molecule has 5 nitrogen and oxygen atoms in total. The van der Waals surface area contributed by atoms with E-state index in [9.17, 15) is 9.59 Å². The van der Waals surface area contributed by atoms with Crippen molar-refractivity contribution < 1.29 is 9.59 Å². The van der Waals surface area contributed by atoms with Crippen LogP contribution in [-0.4, -0.2) is 43.4 Å². The number of nitrogens with one attached hydrogen (secondary N) is 2. The van der Waals surface area contributed by atoms with E-state index in [0.717, 1.165) is 25.2 Å². The molecule has 2 amide bonds. The molecule has 5 heteroatoms. The van der Waals surface area contributed by atoms with Gasteiger partial charge in [-0.25, -0.2) is 0 Å². The van der Waals surface area contributed by atoms with Crippen molar-refractivity contribution in [2.45, 2.75) is 25.8 Å². The maximum absolute atomic E-state index is 12.0. The van der Waals surface area contributed by atoms with Crippen LogP contribution in [0.5, 0.6) is 0 Å². The first-order valence-electron chi connectivity index (χ1n) is 7.56. The average molecular weight is 289 g/mol. The Labute approximate surface area is 125 Å². The molecule has 0 unspecified atom stereocenters. The normalized spacial score (nSPS) is 15.4. The van der Waals surface area contributed by atoms with Crippen LogP contribution in [0.1, 0.15) is 35.2 Å². The van der Waals surface area contributed by atoms with Gasteiger partial charge in [-0.1, -0.05) is 18.6 Å². The van der Waals surface area contributed by atoms with Crippen LogP contribution in [0.3, 0.4) is 0 Å². The lowest BCUT2D eigenvalue weighted by molar-refractivity contribution is -0.109. The molecule has 1 fully saturated rings. The van der Waals surface area contributed by atoms with Gasteiger partial charge in [-0.05, 0) is 43.6 Å². The third kappa shape index (κ3) is 5.19. The van der Waals surface area contributed by atoms with Crippen molar-refractivity contribution >= 4 is 12.3 Å². The minimum absolute atomic E-state index is 0.0399. The molecule has 0 spiro atoms. The van der Waals surface area contributed by atoms with Crippen molar-refractivity contribution in [3.63, 3.8) is 0 Å². The van der Waals surface area contributed by atoms with Crippen LogP contribution in [0.25, 0.3) is 0 Å². The monoisotopic (exact) mass is 289 g/mol. The predicted octanol–water partition coefficient (Wildman–Crippen LogP) is 1.15. The van der Waals surface area contributed by atoms with E-state index in [0.29, 0.717) is 25.1 Å². The summed E-state index contributed by atoms with van der Waals surface area (Å²) in [6.07, 6.45) is 4.53. The summed E-state index contributed by atoms with van der Waals surface area (Å²) in [6.45, 7) is 4.39. The first-order chi connectivity index (χ1) is 10.3. The quantitative estimate of drug-likeness (QED) is 0.740. The summed E-state index contributed by atoms with van der Waals surface area (Å²) in [6, 6.07) is 7.29.